The van der Waals surface area contributed by atoms with E-state index < -0.39 is 0 Å². The van der Waals surface area contributed by atoms with Gasteiger partial charge in [0.2, 0.25) is 5.91 Å². The Morgan fingerprint density at radius 1 is 1.20 bits per heavy atom. The van der Waals surface area contributed by atoms with E-state index in [9.17, 15) is 9.59 Å². The largest absolute Gasteiger partial charge is 0.497 e. The van der Waals surface area contributed by atoms with Gasteiger partial charge in [-0.3, -0.25) is 14.3 Å². The summed E-state index contributed by atoms with van der Waals surface area (Å²) < 4.78 is 6.95. The third-order valence-corrected chi connectivity index (χ3v) is 6.07. The molecule has 2 fully saturated rings. The van der Waals surface area contributed by atoms with Crippen LogP contribution in [-0.2, 0) is 17.9 Å². The second kappa shape index (κ2) is 9.28. The smallest absolute Gasteiger partial charge is 0.273 e. The first-order valence-electron chi connectivity index (χ1n) is 10.7. The van der Waals surface area contributed by atoms with Gasteiger partial charge in [-0.2, -0.15) is 0 Å². The molecule has 8 nitrogen and oxygen atoms in total. The Labute approximate surface area is 176 Å². The number of hydrogen-bond donors (Lipinski definition) is 1. The van der Waals surface area contributed by atoms with Crippen LogP contribution in [0, 0.1) is 11.8 Å². The zero-order chi connectivity index (χ0) is 20.9. The van der Waals surface area contributed by atoms with E-state index in [1.807, 2.05) is 29.2 Å². The summed E-state index contributed by atoms with van der Waals surface area (Å²) in [6.45, 7) is 2.50. The molecule has 1 aromatic carbocycles. The molecule has 8 heteroatoms. The molecule has 2 aliphatic rings. The fourth-order valence-corrected chi connectivity index (χ4v) is 4.37. The molecule has 1 atom stereocenters. The van der Waals surface area contributed by atoms with Crippen LogP contribution in [0.4, 0.5) is 0 Å². The predicted molar refractivity (Wildman–Crippen MR) is 111 cm³/mol. The van der Waals surface area contributed by atoms with Gasteiger partial charge in [0.15, 0.2) is 5.69 Å². The molecule has 1 saturated heterocycles. The molecule has 1 unspecified atom stereocenters. The molecule has 0 radical (unpaired) electrons. The summed E-state index contributed by atoms with van der Waals surface area (Å²) in [5.41, 5.74) is 1.40. The van der Waals surface area contributed by atoms with Gasteiger partial charge in [0, 0.05) is 38.5 Å². The second-order valence-corrected chi connectivity index (χ2v) is 8.38. The summed E-state index contributed by atoms with van der Waals surface area (Å²) in [4.78, 5) is 26.6. The molecule has 0 spiro atoms. The van der Waals surface area contributed by atoms with Gasteiger partial charge in [0.05, 0.1) is 13.3 Å². The Hall–Kier alpha value is -2.90. The van der Waals surface area contributed by atoms with Crippen molar-refractivity contribution < 1.29 is 14.3 Å². The maximum Gasteiger partial charge on any atom is 0.273 e. The second-order valence-electron chi connectivity index (χ2n) is 8.38. The molecule has 0 bridgehead atoms. The quantitative estimate of drug-likeness (QED) is 0.720. The van der Waals surface area contributed by atoms with Crippen LogP contribution in [0.5, 0.6) is 5.75 Å². The standard InChI is InChI=1S/C22H29N5O3/c1-30-19-8-6-17(7-9-19)12-26-13-18(10-21(26)28)11-23-22(29)20-15-27(25-24-20)14-16-4-2-3-5-16/h6-9,15-16,18H,2-5,10-14H2,1H3,(H,23,29). The Balaban J connectivity index is 1.24. The monoisotopic (exact) mass is 411 g/mol. The van der Waals surface area contributed by atoms with Crippen LogP contribution >= 0.6 is 0 Å². The van der Waals surface area contributed by atoms with Gasteiger partial charge in [-0.15, -0.1) is 5.10 Å². The van der Waals surface area contributed by atoms with Crippen molar-refractivity contribution in [1.29, 1.82) is 0 Å². The van der Waals surface area contributed by atoms with Gasteiger partial charge in [0.25, 0.3) is 5.91 Å². The molecule has 2 heterocycles. The number of nitrogens with zero attached hydrogens (tertiary/aromatic N) is 4. The Bertz CT molecular complexity index is 873. The highest BCUT2D eigenvalue weighted by atomic mass is 16.5. The maximum absolute atomic E-state index is 12.4. The molecule has 1 saturated carbocycles. The third kappa shape index (κ3) is 4.98. The van der Waals surface area contributed by atoms with Crippen LogP contribution in [-0.4, -0.2) is 51.9 Å². The lowest BCUT2D eigenvalue weighted by Crippen LogP contribution is -2.31. The Morgan fingerprint density at radius 2 is 1.97 bits per heavy atom. The van der Waals surface area contributed by atoms with E-state index >= 15 is 0 Å². The molecule has 2 aromatic rings. The minimum absolute atomic E-state index is 0.105. The first-order chi connectivity index (χ1) is 14.6. The van der Waals surface area contributed by atoms with E-state index in [4.69, 9.17) is 4.74 Å². The molecule has 4 rings (SSSR count). The number of hydrogen-bond acceptors (Lipinski definition) is 5. The number of nitrogens with one attached hydrogen (secondary N) is 1. The molecule has 2 amide bonds. The number of carbonyl (C=O) groups is 2. The van der Waals surface area contributed by atoms with Gasteiger partial charge in [-0.1, -0.05) is 30.2 Å². The van der Waals surface area contributed by atoms with Crippen LogP contribution in [0.3, 0.4) is 0 Å². The molecule has 1 N–H and O–H groups in total. The average Bonchev–Trinajstić information content (AvgIpc) is 3.50. The van der Waals surface area contributed by atoms with Crippen molar-refractivity contribution in [2.24, 2.45) is 11.8 Å². The van der Waals surface area contributed by atoms with Crippen molar-refractivity contribution in [3.63, 3.8) is 0 Å². The van der Waals surface area contributed by atoms with Crippen molar-refractivity contribution in [3.8, 4) is 5.75 Å². The minimum atomic E-state index is -0.228. The Kier molecular flexibility index (Phi) is 6.30. The van der Waals surface area contributed by atoms with Crippen molar-refractivity contribution in [2.75, 3.05) is 20.2 Å². The van der Waals surface area contributed by atoms with Crippen LogP contribution < -0.4 is 10.1 Å². The normalized spacial score (nSPS) is 19.4. The van der Waals surface area contributed by atoms with Crippen molar-refractivity contribution in [2.45, 2.75) is 45.2 Å². The van der Waals surface area contributed by atoms with Crippen molar-refractivity contribution >= 4 is 11.8 Å². The van der Waals surface area contributed by atoms with Gasteiger partial charge in [-0.25, -0.2) is 0 Å². The summed E-state index contributed by atoms with van der Waals surface area (Å²) in [5, 5.41) is 11.0. The zero-order valence-corrected chi connectivity index (χ0v) is 17.4. The van der Waals surface area contributed by atoms with Gasteiger partial charge >= 0.3 is 0 Å². The number of aromatic nitrogens is 3. The fraction of sp³-hybridized carbons (Fsp3) is 0.545. The lowest BCUT2D eigenvalue weighted by Gasteiger charge is -2.17. The number of rotatable bonds is 8. The van der Waals surface area contributed by atoms with Crippen LogP contribution in [0.25, 0.3) is 0 Å². The molecular formula is C22H29N5O3. The van der Waals surface area contributed by atoms with E-state index in [1.54, 1.807) is 18.0 Å². The van der Waals surface area contributed by atoms with E-state index in [1.165, 1.54) is 25.7 Å². The number of amides is 2. The minimum Gasteiger partial charge on any atom is -0.497 e. The Morgan fingerprint density at radius 3 is 2.70 bits per heavy atom. The van der Waals surface area contributed by atoms with Gasteiger partial charge in [0.1, 0.15) is 5.75 Å². The summed E-state index contributed by atoms with van der Waals surface area (Å²) in [5.74, 6) is 1.44. The zero-order valence-electron chi connectivity index (χ0n) is 17.4. The molecular weight excluding hydrogens is 382 g/mol. The van der Waals surface area contributed by atoms with Crippen molar-refractivity contribution in [1.82, 2.24) is 25.2 Å². The highest BCUT2D eigenvalue weighted by molar-refractivity contribution is 5.91. The fourth-order valence-electron chi connectivity index (χ4n) is 4.37. The summed E-state index contributed by atoms with van der Waals surface area (Å²) >= 11 is 0. The third-order valence-electron chi connectivity index (χ3n) is 6.07. The SMILES string of the molecule is COc1ccc(CN2CC(CNC(=O)c3cn(CC4CCCC4)nn3)CC2=O)cc1. The number of ether oxygens (including phenoxy) is 1. The van der Waals surface area contributed by atoms with Gasteiger partial charge in [-0.05, 0) is 36.5 Å². The van der Waals surface area contributed by atoms with Crippen molar-refractivity contribution in [3.05, 3.63) is 41.7 Å². The summed E-state index contributed by atoms with van der Waals surface area (Å²) in [7, 11) is 1.63. The lowest BCUT2D eigenvalue weighted by molar-refractivity contribution is -0.128. The topological polar surface area (TPSA) is 89.3 Å². The predicted octanol–water partition coefficient (Wildman–Crippen LogP) is 2.26. The summed E-state index contributed by atoms with van der Waals surface area (Å²) in [6, 6.07) is 7.73. The molecule has 1 aromatic heterocycles. The number of carbonyl (C=O) groups excluding carboxylic acids is 2. The van der Waals surface area contributed by atoms with Gasteiger partial charge < -0.3 is 15.0 Å². The van der Waals surface area contributed by atoms with E-state index in [-0.39, 0.29) is 17.7 Å². The highest BCUT2D eigenvalue weighted by Crippen LogP contribution is 2.26. The molecule has 160 valence electrons. The number of benzene rings is 1. The number of methoxy groups -OCH3 is 1. The molecule has 1 aliphatic carbocycles. The first kappa shape index (κ1) is 20.4. The maximum atomic E-state index is 12.4. The first-order valence-corrected chi connectivity index (χ1v) is 10.7. The molecule has 1 aliphatic heterocycles. The van der Waals surface area contributed by atoms with Crippen LogP contribution in [0.2, 0.25) is 0 Å². The molecule has 30 heavy (non-hydrogen) atoms. The highest BCUT2D eigenvalue weighted by Gasteiger charge is 2.30. The van der Waals surface area contributed by atoms with E-state index in [2.05, 4.69) is 15.6 Å². The van der Waals surface area contributed by atoms with E-state index in [0.717, 1.165) is 17.9 Å². The number of likely N-dealkylation sites (tertiary alicyclic amines) is 1. The van der Waals surface area contributed by atoms with Crippen LogP contribution in [0.15, 0.2) is 30.5 Å². The van der Waals surface area contributed by atoms with E-state index in [0.29, 0.717) is 37.7 Å². The lowest BCUT2D eigenvalue weighted by atomic mass is 10.1. The van der Waals surface area contributed by atoms with Crippen LogP contribution in [0.1, 0.15) is 48.2 Å². The average molecular weight is 412 g/mol. The summed E-state index contributed by atoms with van der Waals surface area (Å²) in [6.07, 6.45) is 7.19.